The van der Waals surface area contributed by atoms with Crippen molar-refractivity contribution in [1.29, 1.82) is 0 Å². The van der Waals surface area contributed by atoms with Crippen LogP contribution >= 0.6 is 34.4 Å². The summed E-state index contributed by atoms with van der Waals surface area (Å²) in [6, 6.07) is 31.7. The number of carbonyl (C=O) groups is 1. The van der Waals surface area contributed by atoms with Gasteiger partial charge in [0.2, 0.25) is 0 Å². The second-order valence-corrected chi connectivity index (χ2v) is 11.3. The molecule has 0 spiro atoms. The average Bonchev–Trinajstić information content (AvgIpc) is 2.99. The van der Waals surface area contributed by atoms with Crippen LogP contribution in [0.25, 0.3) is 5.70 Å². The lowest BCUT2D eigenvalue weighted by atomic mass is 10.1. The maximum atomic E-state index is 13.5. The van der Waals surface area contributed by atoms with Gasteiger partial charge in [0.15, 0.2) is 22.8 Å². The molecular formula is C31H25IN4O3S. The number of methoxy groups -OCH3 is 1. The lowest BCUT2D eigenvalue weighted by Gasteiger charge is -2.34. The highest BCUT2D eigenvalue weighted by atomic mass is 127. The quantitative estimate of drug-likeness (QED) is 0.284. The number of para-hydroxylation sites is 1. The SMILES string of the molecule is COc1cc([C@@H]2N=c3ccccc3=C3C(=O)NC(SCc4ccccc4)=NN32)cc(I)c1OCc1ccccc1. The molecule has 0 saturated heterocycles. The lowest BCUT2D eigenvalue weighted by molar-refractivity contribution is -0.116. The number of thioether (sulfide) groups is 1. The summed E-state index contributed by atoms with van der Waals surface area (Å²) in [6.45, 7) is 0.421. The third kappa shape index (κ3) is 5.44. The van der Waals surface area contributed by atoms with E-state index in [1.807, 2.05) is 84.9 Å². The number of ether oxygens (including phenoxy) is 2. The van der Waals surface area contributed by atoms with Crippen LogP contribution in [-0.4, -0.2) is 23.2 Å². The van der Waals surface area contributed by atoms with E-state index >= 15 is 0 Å². The molecular weight excluding hydrogens is 635 g/mol. The van der Waals surface area contributed by atoms with E-state index in [1.54, 1.807) is 12.1 Å². The van der Waals surface area contributed by atoms with Crippen molar-refractivity contribution < 1.29 is 14.3 Å². The van der Waals surface area contributed by atoms with Crippen molar-refractivity contribution in [2.45, 2.75) is 18.5 Å². The highest BCUT2D eigenvalue weighted by molar-refractivity contribution is 14.1. The first kappa shape index (κ1) is 26.4. The molecule has 2 aliphatic heterocycles. The average molecular weight is 661 g/mol. The third-order valence-electron chi connectivity index (χ3n) is 6.51. The fourth-order valence-corrected chi connectivity index (χ4v) is 6.18. The predicted octanol–water partition coefficient (Wildman–Crippen LogP) is 4.96. The van der Waals surface area contributed by atoms with Gasteiger partial charge in [0.25, 0.3) is 5.91 Å². The number of benzene rings is 4. The highest BCUT2D eigenvalue weighted by Crippen LogP contribution is 2.39. The third-order valence-corrected chi connectivity index (χ3v) is 8.25. The number of rotatable bonds is 7. The Kier molecular flexibility index (Phi) is 7.74. The molecule has 0 unspecified atom stereocenters. The minimum atomic E-state index is -0.561. The fraction of sp³-hybridized carbons (Fsp3) is 0.129. The van der Waals surface area contributed by atoms with Gasteiger partial charge in [-0.2, -0.15) is 0 Å². The molecule has 1 N–H and O–H groups in total. The van der Waals surface area contributed by atoms with Gasteiger partial charge in [-0.05, 0) is 51.9 Å². The maximum absolute atomic E-state index is 13.5. The molecule has 200 valence electrons. The number of hydrogen-bond donors (Lipinski definition) is 1. The van der Waals surface area contributed by atoms with Crippen LogP contribution in [0.4, 0.5) is 0 Å². The molecule has 9 heteroatoms. The van der Waals surface area contributed by atoms with E-state index in [4.69, 9.17) is 19.6 Å². The Hall–Kier alpha value is -3.83. The zero-order chi connectivity index (χ0) is 27.5. The maximum Gasteiger partial charge on any atom is 0.276 e. The summed E-state index contributed by atoms with van der Waals surface area (Å²) in [6.07, 6.45) is -0.561. The fourth-order valence-electron chi connectivity index (χ4n) is 4.59. The number of nitrogens with zero attached hydrogens (tertiary/aromatic N) is 3. The number of halogens is 1. The van der Waals surface area contributed by atoms with Gasteiger partial charge in [0, 0.05) is 16.5 Å². The van der Waals surface area contributed by atoms with Gasteiger partial charge < -0.3 is 9.47 Å². The highest BCUT2D eigenvalue weighted by Gasteiger charge is 2.35. The first-order valence-corrected chi connectivity index (χ1v) is 14.7. The van der Waals surface area contributed by atoms with Crippen molar-refractivity contribution in [2.75, 3.05) is 7.11 Å². The summed E-state index contributed by atoms with van der Waals surface area (Å²) in [5.74, 6) is 1.73. The van der Waals surface area contributed by atoms with Gasteiger partial charge in [-0.3, -0.25) is 15.1 Å². The van der Waals surface area contributed by atoms with E-state index in [0.29, 0.717) is 34.7 Å². The van der Waals surface area contributed by atoms with Crippen LogP contribution < -0.4 is 25.4 Å². The van der Waals surface area contributed by atoms with E-state index in [0.717, 1.165) is 30.8 Å². The van der Waals surface area contributed by atoms with Gasteiger partial charge in [0.1, 0.15) is 12.3 Å². The molecule has 7 nitrogen and oxygen atoms in total. The molecule has 0 saturated carbocycles. The lowest BCUT2D eigenvalue weighted by Crippen LogP contribution is -2.50. The molecule has 0 aromatic heterocycles. The summed E-state index contributed by atoms with van der Waals surface area (Å²) < 4.78 is 12.8. The zero-order valence-electron chi connectivity index (χ0n) is 21.6. The van der Waals surface area contributed by atoms with Crippen molar-refractivity contribution >= 4 is 51.1 Å². The number of carbonyl (C=O) groups excluding carboxylic acids is 1. The molecule has 0 aliphatic carbocycles. The van der Waals surface area contributed by atoms with Crippen molar-refractivity contribution in [3.63, 3.8) is 0 Å². The molecule has 0 radical (unpaired) electrons. The second-order valence-electron chi connectivity index (χ2n) is 9.16. The van der Waals surface area contributed by atoms with Crippen LogP contribution in [-0.2, 0) is 17.2 Å². The molecule has 2 aliphatic rings. The zero-order valence-corrected chi connectivity index (χ0v) is 24.6. The summed E-state index contributed by atoms with van der Waals surface area (Å²) in [5, 5.41) is 11.6. The molecule has 0 bridgehead atoms. The number of amidine groups is 1. The number of amides is 1. The Labute approximate surface area is 249 Å². The van der Waals surface area contributed by atoms with Crippen LogP contribution in [0.3, 0.4) is 0 Å². The Bertz CT molecular complexity index is 1710. The molecule has 40 heavy (non-hydrogen) atoms. The molecule has 4 aromatic rings. The first-order chi connectivity index (χ1) is 19.6. The number of hydrazone groups is 1. The van der Waals surface area contributed by atoms with Crippen LogP contribution in [0.1, 0.15) is 22.9 Å². The summed E-state index contributed by atoms with van der Waals surface area (Å²) >= 11 is 3.74. The largest absolute Gasteiger partial charge is 0.493 e. The topological polar surface area (TPSA) is 75.5 Å². The second kappa shape index (κ2) is 11.7. The predicted molar refractivity (Wildman–Crippen MR) is 165 cm³/mol. The minimum Gasteiger partial charge on any atom is -0.493 e. The molecule has 1 amide bonds. The van der Waals surface area contributed by atoms with E-state index in [9.17, 15) is 4.79 Å². The van der Waals surface area contributed by atoms with E-state index in [-0.39, 0.29) is 5.91 Å². The Morgan fingerprint density at radius 1 is 0.950 bits per heavy atom. The van der Waals surface area contributed by atoms with Crippen LogP contribution in [0.2, 0.25) is 0 Å². The number of nitrogens with one attached hydrogen (secondary N) is 1. The first-order valence-electron chi connectivity index (χ1n) is 12.7. The molecule has 0 fully saturated rings. The summed E-state index contributed by atoms with van der Waals surface area (Å²) in [4.78, 5) is 18.5. The van der Waals surface area contributed by atoms with Gasteiger partial charge in [-0.25, -0.2) is 5.01 Å². The number of hydrogen-bond acceptors (Lipinski definition) is 7. The van der Waals surface area contributed by atoms with Gasteiger partial charge in [-0.1, -0.05) is 90.6 Å². The normalized spacial score (nSPS) is 15.8. The van der Waals surface area contributed by atoms with Crippen LogP contribution in [0, 0.1) is 3.57 Å². The van der Waals surface area contributed by atoms with Crippen molar-refractivity contribution in [3.05, 3.63) is 128 Å². The molecule has 6 rings (SSSR count). The Morgan fingerprint density at radius 3 is 2.40 bits per heavy atom. The van der Waals surface area contributed by atoms with E-state index in [1.165, 1.54) is 11.8 Å². The van der Waals surface area contributed by atoms with Crippen molar-refractivity contribution in [3.8, 4) is 11.5 Å². The van der Waals surface area contributed by atoms with E-state index in [2.05, 4.69) is 40.0 Å². The van der Waals surface area contributed by atoms with Crippen LogP contribution in [0.15, 0.2) is 107 Å². The molecule has 1 atom stereocenters. The van der Waals surface area contributed by atoms with Crippen molar-refractivity contribution in [2.24, 2.45) is 10.1 Å². The molecule has 4 aromatic carbocycles. The van der Waals surface area contributed by atoms with E-state index < -0.39 is 6.17 Å². The Morgan fingerprint density at radius 2 is 1.65 bits per heavy atom. The smallest absolute Gasteiger partial charge is 0.276 e. The summed E-state index contributed by atoms with van der Waals surface area (Å²) in [5.41, 5.74) is 3.52. The van der Waals surface area contributed by atoms with Gasteiger partial charge in [0.05, 0.1) is 16.0 Å². The van der Waals surface area contributed by atoms with Gasteiger partial charge >= 0.3 is 0 Å². The monoisotopic (exact) mass is 660 g/mol. The standard InChI is InChI=1S/C31H25IN4O3S/c1-38-26-17-22(16-24(32)28(26)39-18-20-10-4-2-5-11-20)29-33-25-15-9-8-14-23(25)27-30(37)34-31(35-36(27)29)40-19-21-12-6-3-7-13-21/h2-17,29H,18-19H2,1H3,(H,34,35,37)/t29-/m1/s1. The van der Waals surface area contributed by atoms with Crippen molar-refractivity contribution in [1.82, 2.24) is 10.3 Å². The van der Waals surface area contributed by atoms with Gasteiger partial charge in [-0.15, -0.1) is 5.10 Å². The van der Waals surface area contributed by atoms with Crippen LogP contribution in [0.5, 0.6) is 11.5 Å². The Balaban J connectivity index is 1.37. The minimum absolute atomic E-state index is 0.206. The number of fused-ring (bicyclic) bond motifs is 2. The summed E-state index contributed by atoms with van der Waals surface area (Å²) in [7, 11) is 1.63. The molecule has 2 heterocycles.